The lowest BCUT2D eigenvalue weighted by Crippen LogP contribution is -2.35. The van der Waals surface area contributed by atoms with E-state index in [1.165, 1.54) is 12.1 Å². The predicted octanol–water partition coefficient (Wildman–Crippen LogP) is 4.87. The van der Waals surface area contributed by atoms with Gasteiger partial charge in [-0.1, -0.05) is 47.2 Å². The molecule has 1 aliphatic heterocycles. The van der Waals surface area contributed by atoms with Crippen LogP contribution in [0, 0.1) is 11.7 Å². The maximum Gasteiger partial charge on any atom is 0.208 e. The quantitative estimate of drug-likeness (QED) is 0.643. The summed E-state index contributed by atoms with van der Waals surface area (Å²) in [7, 11) is 0. The molecule has 2 heterocycles. The molecule has 0 amide bonds. The Morgan fingerprint density at radius 1 is 1.07 bits per heavy atom. The van der Waals surface area contributed by atoms with Crippen molar-refractivity contribution in [2.75, 3.05) is 18.0 Å². The molecule has 0 radical (unpaired) electrons. The highest BCUT2D eigenvalue weighted by Gasteiger charge is 2.27. The van der Waals surface area contributed by atoms with Crippen molar-refractivity contribution in [3.63, 3.8) is 0 Å². The highest BCUT2D eigenvalue weighted by atomic mass is 35.5. The van der Waals surface area contributed by atoms with Crippen LogP contribution in [0.25, 0.3) is 0 Å². The van der Waals surface area contributed by atoms with Gasteiger partial charge < -0.3 is 10.0 Å². The number of benzene rings is 2. The van der Waals surface area contributed by atoms with E-state index in [1.807, 2.05) is 24.3 Å². The zero-order valence-corrected chi connectivity index (χ0v) is 16.8. The first-order chi connectivity index (χ1) is 13.6. The van der Waals surface area contributed by atoms with Crippen molar-refractivity contribution < 1.29 is 9.50 Å². The first kappa shape index (κ1) is 19.3. The van der Waals surface area contributed by atoms with Crippen LogP contribution < -0.4 is 4.90 Å². The summed E-state index contributed by atoms with van der Waals surface area (Å²) in [5.41, 5.74) is 1.94. The summed E-state index contributed by atoms with van der Waals surface area (Å²) in [6.07, 6.45) is 1.99. The van der Waals surface area contributed by atoms with Crippen LogP contribution in [-0.2, 0) is 6.42 Å². The molecule has 28 heavy (non-hydrogen) atoms. The molecule has 0 spiro atoms. The lowest BCUT2D eigenvalue weighted by atomic mass is 9.87. The molecule has 4 rings (SSSR count). The van der Waals surface area contributed by atoms with Crippen molar-refractivity contribution in [3.8, 4) is 0 Å². The zero-order chi connectivity index (χ0) is 19.5. The third-order valence-corrected chi connectivity index (χ3v) is 6.43. The Kier molecular flexibility index (Phi) is 5.90. The number of rotatable bonds is 5. The molecule has 2 aromatic carbocycles. The molecule has 1 aliphatic rings. The normalized spacial score (nSPS) is 16.3. The Morgan fingerprint density at radius 3 is 2.43 bits per heavy atom. The summed E-state index contributed by atoms with van der Waals surface area (Å²) in [4.78, 5) is 2.23. The first-order valence-electron chi connectivity index (χ1n) is 9.34. The van der Waals surface area contributed by atoms with E-state index in [1.54, 1.807) is 23.5 Å². The highest BCUT2D eigenvalue weighted by molar-refractivity contribution is 7.15. The van der Waals surface area contributed by atoms with Gasteiger partial charge in [0.15, 0.2) is 0 Å². The second-order valence-electron chi connectivity index (χ2n) is 7.10. The van der Waals surface area contributed by atoms with E-state index in [-0.39, 0.29) is 11.7 Å². The molecule has 1 saturated heterocycles. The molecular formula is C21H21ClFN3OS. The Balaban J connectivity index is 1.34. The van der Waals surface area contributed by atoms with Gasteiger partial charge in [0.05, 0.1) is 6.10 Å². The van der Waals surface area contributed by atoms with E-state index in [9.17, 15) is 9.50 Å². The monoisotopic (exact) mass is 417 g/mol. The van der Waals surface area contributed by atoms with Gasteiger partial charge in [-0.15, -0.1) is 10.2 Å². The maximum atomic E-state index is 13.0. The predicted molar refractivity (Wildman–Crippen MR) is 110 cm³/mol. The van der Waals surface area contributed by atoms with Gasteiger partial charge in [-0.2, -0.15) is 0 Å². The summed E-state index contributed by atoms with van der Waals surface area (Å²) in [5, 5.41) is 21.8. The van der Waals surface area contributed by atoms with Gasteiger partial charge in [-0.25, -0.2) is 4.39 Å². The molecule has 1 atom stereocenters. The van der Waals surface area contributed by atoms with Gasteiger partial charge in [0.1, 0.15) is 10.8 Å². The smallest absolute Gasteiger partial charge is 0.208 e. The number of hydrogen-bond acceptors (Lipinski definition) is 5. The number of aliphatic hydroxyl groups excluding tert-OH is 1. The second-order valence-corrected chi connectivity index (χ2v) is 8.58. The minimum Gasteiger partial charge on any atom is -0.388 e. The van der Waals surface area contributed by atoms with E-state index in [0.29, 0.717) is 11.4 Å². The van der Waals surface area contributed by atoms with Crippen LogP contribution >= 0.6 is 22.9 Å². The molecule has 0 saturated carbocycles. The van der Waals surface area contributed by atoms with Crippen molar-refractivity contribution in [1.29, 1.82) is 0 Å². The SMILES string of the molecule is OC(c1ccc(Cl)cc1)C1CCN(c2nnc(Cc3ccc(F)cc3)s2)CC1. The second kappa shape index (κ2) is 8.55. The van der Waals surface area contributed by atoms with E-state index in [2.05, 4.69) is 15.1 Å². The first-order valence-corrected chi connectivity index (χ1v) is 10.5. The number of nitrogens with zero attached hydrogens (tertiary/aromatic N) is 3. The van der Waals surface area contributed by atoms with Gasteiger partial charge in [-0.3, -0.25) is 0 Å². The summed E-state index contributed by atoms with van der Waals surface area (Å²) in [5.74, 6) is -0.00519. The van der Waals surface area contributed by atoms with Crippen molar-refractivity contribution >= 4 is 28.1 Å². The van der Waals surface area contributed by atoms with E-state index in [0.717, 1.165) is 47.2 Å². The number of hydrogen-bond donors (Lipinski definition) is 1. The van der Waals surface area contributed by atoms with Crippen LogP contribution in [0.3, 0.4) is 0 Å². The van der Waals surface area contributed by atoms with Gasteiger partial charge in [0.2, 0.25) is 5.13 Å². The van der Waals surface area contributed by atoms with E-state index >= 15 is 0 Å². The largest absolute Gasteiger partial charge is 0.388 e. The molecule has 1 fully saturated rings. The lowest BCUT2D eigenvalue weighted by Gasteiger charge is -2.34. The molecule has 7 heteroatoms. The Labute approximate surface area is 172 Å². The zero-order valence-electron chi connectivity index (χ0n) is 15.3. The Bertz CT molecular complexity index is 908. The maximum absolute atomic E-state index is 13.0. The van der Waals surface area contributed by atoms with Gasteiger partial charge in [-0.05, 0) is 54.2 Å². The minimum atomic E-state index is -0.470. The molecule has 4 nitrogen and oxygen atoms in total. The van der Waals surface area contributed by atoms with Crippen LogP contribution in [0.5, 0.6) is 0 Å². The summed E-state index contributed by atoms with van der Waals surface area (Å²) < 4.78 is 13.0. The third kappa shape index (κ3) is 4.51. The summed E-state index contributed by atoms with van der Waals surface area (Å²) in [6, 6.07) is 13.9. The average Bonchev–Trinajstić information content (AvgIpc) is 3.18. The van der Waals surface area contributed by atoms with Crippen LogP contribution in [0.1, 0.15) is 35.1 Å². The Hall–Kier alpha value is -2.02. The van der Waals surface area contributed by atoms with Crippen molar-refractivity contribution in [2.24, 2.45) is 5.92 Å². The van der Waals surface area contributed by atoms with Crippen LogP contribution in [0.2, 0.25) is 5.02 Å². The fourth-order valence-electron chi connectivity index (χ4n) is 3.56. The molecule has 0 aliphatic carbocycles. The van der Waals surface area contributed by atoms with E-state index in [4.69, 9.17) is 11.6 Å². The number of aliphatic hydroxyl groups is 1. The van der Waals surface area contributed by atoms with Crippen molar-refractivity contribution in [2.45, 2.75) is 25.4 Å². The number of aromatic nitrogens is 2. The van der Waals surface area contributed by atoms with Crippen LogP contribution in [0.4, 0.5) is 9.52 Å². The molecule has 1 aromatic heterocycles. The number of anilines is 1. The molecule has 0 bridgehead atoms. The number of piperidine rings is 1. The van der Waals surface area contributed by atoms with Gasteiger partial charge in [0.25, 0.3) is 0 Å². The third-order valence-electron chi connectivity index (χ3n) is 5.19. The molecule has 1 unspecified atom stereocenters. The average molecular weight is 418 g/mol. The summed E-state index contributed by atoms with van der Waals surface area (Å²) in [6.45, 7) is 1.70. The molecule has 146 valence electrons. The van der Waals surface area contributed by atoms with Crippen molar-refractivity contribution in [3.05, 3.63) is 75.5 Å². The topological polar surface area (TPSA) is 49.2 Å². The number of halogens is 2. The lowest BCUT2D eigenvalue weighted by molar-refractivity contribution is 0.0929. The molecule has 1 N–H and O–H groups in total. The van der Waals surface area contributed by atoms with Gasteiger partial charge >= 0.3 is 0 Å². The van der Waals surface area contributed by atoms with E-state index < -0.39 is 6.10 Å². The standard InChI is InChI=1S/C21H21ClFN3OS/c22-17-5-3-15(4-6-17)20(27)16-9-11-26(12-10-16)21-25-24-19(28-21)13-14-1-7-18(23)8-2-14/h1-8,16,20,27H,9-13H2. The minimum absolute atomic E-state index is 0.226. The van der Waals surface area contributed by atoms with Gasteiger partial charge in [0, 0.05) is 24.5 Å². The van der Waals surface area contributed by atoms with Crippen LogP contribution in [0.15, 0.2) is 48.5 Å². The van der Waals surface area contributed by atoms with Crippen LogP contribution in [-0.4, -0.2) is 28.4 Å². The Morgan fingerprint density at radius 2 is 1.75 bits per heavy atom. The summed E-state index contributed by atoms with van der Waals surface area (Å²) >= 11 is 7.51. The fraction of sp³-hybridized carbons (Fsp3) is 0.333. The highest BCUT2D eigenvalue weighted by Crippen LogP contribution is 2.33. The van der Waals surface area contributed by atoms with Crippen molar-refractivity contribution in [1.82, 2.24) is 10.2 Å². The molecule has 3 aromatic rings. The fourth-order valence-corrected chi connectivity index (χ4v) is 4.61. The molecular weight excluding hydrogens is 397 g/mol.